The number of ketones is 1. The molecule has 184 valence electrons. The van der Waals surface area contributed by atoms with Crippen LogP contribution in [0.2, 0.25) is 0 Å². The van der Waals surface area contributed by atoms with Gasteiger partial charge in [0, 0.05) is 31.3 Å². The summed E-state index contributed by atoms with van der Waals surface area (Å²) < 4.78 is 66.9. The van der Waals surface area contributed by atoms with E-state index < -0.39 is 42.7 Å². The van der Waals surface area contributed by atoms with Crippen LogP contribution in [0, 0.1) is 5.92 Å². The van der Waals surface area contributed by atoms with Crippen molar-refractivity contribution in [3.8, 4) is 0 Å². The third kappa shape index (κ3) is 8.57. The molecule has 0 radical (unpaired) electrons. The number of Topliss-reactive ketones (excluding diaryl/α,β-unsaturated/α-hetero) is 1. The van der Waals surface area contributed by atoms with Crippen molar-refractivity contribution in [2.24, 2.45) is 5.92 Å². The van der Waals surface area contributed by atoms with E-state index in [0.717, 1.165) is 6.08 Å². The highest BCUT2D eigenvalue weighted by Crippen LogP contribution is 2.38. The molecule has 1 N–H and O–H groups in total. The first kappa shape index (κ1) is 28.6. The van der Waals surface area contributed by atoms with Gasteiger partial charge in [-0.3, -0.25) is 9.59 Å². The molecule has 11 heteroatoms. The molecule has 1 amide bonds. The van der Waals surface area contributed by atoms with Crippen LogP contribution < -0.4 is 5.32 Å². The van der Waals surface area contributed by atoms with Crippen molar-refractivity contribution in [3.63, 3.8) is 0 Å². The molecule has 2 rings (SSSR count). The molecule has 0 aliphatic carbocycles. The molecular formula is C23H19Br3F5NO2. The molecular weight excluding hydrogens is 657 g/mol. The number of halogens is 8. The van der Waals surface area contributed by atoms with Gasteiger partial charge in [-0.05, 0) is 41.5 Å². The number of alkyl halides is 5. The third-order valence-electron chi connectivity index (χ3n) is 4.74. The molecule has 0 aromatic heterocycles. The van der Waals surface area contributed by atoms with Crippen LogP contribution >= 0.6 is 47.8 Å². The third-order valence-corrected chi connectivity index (χ3v) is 6.31. The number of amides is 1. The highest BCUT2D eigenvalue weighted by atomic mass is 79.9. The summed E-state index contributed by atoms with van der Waals surface area (Å²) in [7, 11) is 0. The number of allylic oxidation sites excluding steroid dienone is 1. The molecule has 0 heterocycles. The number of rotatable bonds is 9. The maximum Gasteiger partial charge on any atom is 0.399 e. The van der Waals surface area contributed by atoms with Crippen molar-refractivity contribution in [2.75, 3.05) is 6.54 Å². The van der Waals surface area contributed by atoms with Gasteiger partial charge >= 0.3 is 6.18 Å². The van der Waals surface area contributed by atoms with Crippen LogP contribution in [0.5, 0.6) is 0 Å². The Bertz CT molecular complexity index is 1050. The predicted molar refractivity (Wildman–Crippen MR) is 131 cm³/mol. The van der Waals surface area contributed by atoms with E-state index in [1.165, 1.54) is 43.3 Å². The summed E-state index contributed by atoms with van der Waals surface area (Å²) >= 11 is 9.64. The molecule has 2 atom stereocenters. The zero-order valence-corrected chi connectivity index (χ0v) is 22.4. The summed E-state index contributed by atoms with van der Waals surface area (Å²) in [5, 5.41) is 2.06. The van der Waals surface area contributed by atoms with Gasteiger partial charge in [0.15, 0.2) is 5.78 Å². The van der Waals surface area contributed by atoms with Gasteiger partial charge in [0.25, 0.3) is 6.43 Å². The summed E-state index contributed by atoms with van der Waals surface area (Å²) in [6.07, 6.45) is -5.08. The number of benzene rings is 2. The zero-order valence-electron chi connectivity index (χ0n) is 17.6. The SMILES string of the molecule is C[C@@H](CC(=O)c1ccc(/C=C/C(c2cc(Br)cc(Br)c2)C(F)(F)F)cc1Br)C(=O)NCC(F)F. The first-order chi connectivity index (χ1) is 15.8. The fraction of sp³-hybridized carbons (Fsp3) is 0.304. The monoisotopic (exact) mass is 673 g/mol. The minimum atomic E-state index is -4.52. The van der Waals surface area contributed by atoms with Crippen molar-refractivity contribution in [1.29, 1.82) is 0 Å². The van der Waals surface area contributed by atoms with Gasteiger partial charge in [0.1, 0.15) is 0 Å². The molecule has 2 aromatic rings. The van der Waals surface area contributed by atoms with Crippen molar-refractivity contribution < 1.29 is 31.5 Å². The van der Waals surface area contributed by atoms with Crippen LogP contribution in [0.3, 0.4) is 0 Å². The van der Waals surface area contributed by atoms with E-state index >= 15 is 0 Å². The molecule has 0 saturated heterocycles. The Balaban J connectivity index is 2.18. The van der Waals surface area contributed by atoms with E-state index in [1.807, 2.05) is 0 Å². The lowest BCUT2D eigenvalue weighted by atomic mass is 9.96. The second-order valence-electron chi connectivity index (χ2n) is 7.49. The van der Waals surface area contributed by atoms with Gasteiger partial charge in [0.05, 0.1) is 12.5 Å². The molecule has 0 bridgehead atoms. The van der Waals surface area contributed by atoms with Crippen LogP contribution in [-0.4, -0.2) is 30.8 Å². The lowest BCUT2D eigenvalue weighted by molar-refractivity contribution is -0.139. The van der Waals surface area contributed by atoms with Crippen molar-refractivity contribution >= 4 is 65.6 Å². The van der Waals surface area contributed by atoms with Gasteiger partial charge in [-0.25, -0.2) is 8.78 Å². The van der Waals surface area contributed by atoms with E-state index in [1.54, 1.807) is 6.07 Å². The van der Waals surface area contributed by atoms with Gasteiger partial charge in [0.2, 0.25) is 5.91 Å². The molecule has 0 spiro atoms. The number of hydrogen-bond acceptors (Lipinski definition) is 2. The van der Waals surface area contributed by atoms with E-state index in [4.69, 9.17) is 0 Å². The molecule has 3 nitrogen and oxygen atoms in total. The highest BCUT2D eigenvalue weighted by Gasteiger charge is 2.39. The van der Waals surface area contributed by atoms with Crippen LogP contribution in [0.4, 0.5) is 22.0 Å². The first-order valence-electron chi connectivity index (χ1n) is 9.87. The van der Waals surface area contributed by atoms with Gasteiger partial charge in [-0.1, -0.05) is 72.9 Å². The summed E-state index contributed by atoms with van der Waals surface area (Å²) in [5.74, 6) is -3.75. The number of hydrogen-bond donors (Lipinski definition) is 1. The van der Waals surface area contributed by atoms with E-state index in [0.29, 0.717) is 19.0 Å². The molecule has 0 fully saturated rings. The fourth-order valence-corrected chi connectivity index (χ4v) is 5.01. The van der Waals surface area contributed by atoms with Gasteiger partial charge in [-0.2, -0.15) is 13.2 Å². The minimum absolute atomic E-state index is 0.0509. The topological polar surface area (TPSA) is 46.2 Å². The quantitative estimate of drug-likeness (QED) is 0.217. The largest absolute Gasteiger partial charge is 0.399 e. The maximum absolute atomic E-state index is 13.7. The highest BCUT2D eigenvalue weighted by molar-refractivity contribution is 9.11. The fourth-order valence-electron chi connectivity index (χ4n) is 3.07. The van der Waals surface area contributed by atoms with Gasteiger partial charge in [-0.15, -0.1) is 0 Å². The second kappa shape index (κ2) is 12.4. The summed E-state index contributed by atoms with van der Waals surface area (Å²) in [5.41, 5.74) is 0.707. The Morgan fingerprint density at radius 3 is 2.18 bits per heavy atom. The van der Waals surface area contributed by atoms with Crippen LogP contribution in [-0.2, 0) is 4.79 Å². The molecule has 0 aliphatic heterocycles. The Kier molecular flexibility index (Phi) is 10.4. The Morgan fingerprint density at radius 2 is 1.65 bits per heavy atom. The molecule has 34 heavy (non-hydrogen) atoms. The van der Waals surface area contributed by atoms with Crippen molar-refractivity contribution in [1.82, 2.24) is 5.32 Å². The summed E-state index contributed by atoms with van der Waals surface area (Å²) in [6.45, 7) is 0.652. The molecule has 1 unspecified atom stereocenters. The summed E-state index contributed by atoms with van der Waals surface area (Å²) in [6, 6.07) is 8.84. The zero-order chi connectivity index (χ0) is 25.6. The number of carbonyl (C=O) groups excluding carboxylic acids is 2. The molecule has 0 saturated carbocycles. The van der Waals surface area contributed by atoms with Crippen molar-refractivity contribution in [3.05, 3.63) is 72.6 Å². The molecule has 2 aromatic carbocycles. The maximum atomic E-state index is 13.7. The van der Waals surface area contributed by atoms with Crippen molar-refractivity contribution in [2.45, 2.75) is 31.9 Å². The minimum Gasteiger partial charge on any atom is -0.350 e. The van der Waals surface area contributed by atoms with Crippen LogP contribution in [0.25, 0.3) is 6.08 Å². The summed E-state index contributed by atoms with van der Waals surface area (Å²) in [4.78, 5) is 24.4. The van der Waals surface area contributed by atoms with Crippen LogP contribution in [0.15, 0.2) is 55.9 Å². The smallest absolute Gasteiger partial charge is 0.350 e. The normalized spacial score (nSPS) is 13.8. The standard InChI is InChI=1S/C23H19Br3F5NO2/c1-12(22(34)32-11-21(27)28)6-20(33)17-4-2-13(7-19(17)26)3-5-18(23(29,30)31)14-8-15(24)10-16(25)9-14/h2-5,7-10,12,18,21H,6,11H2,1H3,(H,32,34)/b5-3+/t12-,18?/m0/s1. The van der Waals surface area contributed by atoms with E-state index in [9.17, 15) is 31.5 Å². The average Bonchev–Trinajstić information content (AvgIpc) is 2.70. The van der Waals surface area contributed by atoms with Crippen LogP contribution in [0.1, 0.15) is 40.7 Å². The first-order valence-corrected chi connectivity index (χ1v) is 12.2. The Morgan fingerprint density at radius 1 is 1.03 bits per heavy atom. The van der Waals surface area contributed by atoms with E-state index in [2.05, 4.69) is 53.1 Å². The second-order valence-corrected chi connectivity index (χ2v) is 10.2. The predicted octanol–water partition coefficient (Wildman–Crippen LogP) is 7.92. The number of nitrogens with one attached hydrogen (secondary N) is 1. The Labute approximate surface area is 218 Å². The number of carbonyl (C=O) groups is 2. The lowest BCUT2D eigenvalue weighted by Gasteiger charge is -2.18. The van der Waals surface area contributed by atoms with E-state index in [-0.39, 0.29) is 17.5 Å². The average molecular weight is 676 g/mol. The Hall–Kier alpha value is -1.59. The lowest BCUT2D eigenvalue weighted by Crippen LogP contribution is -2.33. The molecule has 0 aliphatic rings. The van der Waals surface area contributed by atoms with Gasteiger partial charge < -0.3 is 5.32 Å².